The molecule has 0 bridgehead atoms. The molecular weight excluding hydrogens is 330 g/mol. The minimum absolute atomic E-state index is 0.0277. The Morgan fingerprint density at radius 1 is 1.38 bits per heavy atom. The van der Waals surface area contributed by atoms with Crippen molar-refractivity contribution in [3.05, 3.63) is 29.3 Å². The molecule has 1 N–H and O–H groups in total. The van der Waals surface area contributed by atoms with Crippen LogP contribution >= 0.6 is 11.6 Å². The summed E-state index contributed by atoms with van der Waals surface area (Å²) in [7, 11) is 1.74. The van der Waals surface area contributed by atoms with E-state index in [1.807, 2.05) is 0 Å². The van der Waals surface area contributed by atoms with Crippen molar-refractivity contribution in [2.24, 2.45) is 5.92 Å². The number of carbonyl (C=O) groups is 1. The molecular formula is C16H20ClN5O2. The number of nitrogens with zero attached hydrogens (tertiary/aromatic N) is 5. The Labute approximate surface area is 145 Å². The number of likely N-dealkylation sites (N-methyl/N-ethyl adjacent to an activating group) is 1. The van der Waals surface area contributed by atoms with Gasteiger partial charge in [-0.15, -0.1) is 10.2 Å². The first-order valence-corrected chi connectivity index (χ1v) is 8.36. The van der Waals surface area contributed by atoms with Crippen LogP contribution in [0.5, 0.6) is 0 Å². The third-order valence-electron chi connectivity index (χ3n) is 4.39. The van der Waals surface area contributed by atoms with E-state index in [2.05, 4.69) is 15.4 Å². The van der Waals surface area contributed by atoms with Crippen LogP contribution < -0.4 is 0 Å². The molecule has 8 heteroatoms. The normalized spacial score (nSPS) is 20.3. The minimum Gasteiger partial charge on any atom is -0.393 e. The molecule has 1 aliphatic rings. The van der Waals surface area contributed by atoms with Crippen LogP contribution in [0, 0.1) is 5.92 Å². The highest BCUT2D eigenvalue weighted by Gasteiger charge is 2.27. The number of benzene rings is 1. The summed E-state index contributed by atoms with van der Waals surface area (Å²) >= 11 is 5.86. The maximum atomic E-state index is 12.3. The number of hydrogen-bond acceptors (Lipinski definition) is 5. The smallest absolute Gasteiger partial charge is 0.245 e. The largest absolute Gasteiger partial charge is 0.393 e. The monoisotopic (exact) mass is 349 g/mol. The van der Waals surface area contributed by atoms with Gasteiger partial charge in [0.15, 0.2) is 0 Å². The van der Waals surface area contributed by atoms with Crippen molar-refractivity contribution >= 4 is 17.5 Å². The lowest BCUT2D eigenvalue weighted by Crippen LogP contribution is -2.36. The number of aliphatic hydroxyl groups is 1. The second-order valence-electron chi connectivity index (χ2n) is 6.18. The Bertz CT molecular complexity index is 703. The number of aromatic nitrogens is 4. The maximum absolute atomic E-state index is 12.3. The van der Waals surface area contributed by atoms with Gasteiger partial charge < -0.3 is 10.0 Å². The first-order valence-electron chi connectivity index (χ1n) is 7.98. The van der Waals surface area contributed by atoms with Gasteiger partial charge in [0, 0.05) is 30.1 Å². The molecule has 0 saturated heterocycles. The second kappa shape index (κ2) is 7.27. The molecule has 0 aliphatic heterocycles. The first kappa shape index (κ1) is 16.9. The van der Waals surface area contributed by atoms with Gasteiger partial charge >= 0.3 is 0 Å². The Morgan fingerprint density at radius 2 is 2.12 bits per heavy atom. The average Bonchev–Trinajstić information content (AvgIpc) is 3.18. The predicted octanol–water partition coefficient (Wildman–Crippen LogP) is 1.61. The average molecular weight is 350 g/mol. The van der Waals surface area contributed by atoms with Crippen LogP contribution in [0.25, 0.3) is 11.4 Å². The Hall–Kier alpha value is -1.99. The first-order chi connectivity index (χ1) is 11.5. The number of amides is 1. The molecule has 1 aromatic carbocycles. The molecule has 2 atom stereocenters. The van der Waals surface area contributed by atoms with Crippen LogP contribution in [0.1, 0.15) is 19.3 Å². The summed E-state index contributed by atoms with van der Waals surface area (Å²) in [5.74, 6) is 0.509. The van der Waals surface area contributed by atoms with Gasteiger partial charge in [-0.1, -0.05) is 18.0 Å². The molecule has 1 saturated carbocycles. The zero-order valence-electron chi connectivity index (χ0n) is 13.5. The van der Waals surface area contributed by atoms with E-state index in [1.165, 1.54) is 4.80 Å². The molecule has 1 aromatic heterocycles. The fourth-order valence-corrected chi connectivity index (χ4v) is 3.08. The van der Waals surface area contributed by atoms with Gasteiger partial charge in [0.2, 0.25) is 11.7 Å². The highest BCUT2D eigenvalue weighted by atomic mass is 35.5. The van der Waals surface area contributed by atoms with E-state index < -0.39 is 0 Å². The van der Waals surface area contributed by atoms with Gasteiger partial charge in [0.25, 0.3) is 0 Å². The summed E-state index contributed by atoms with van der Waals surface area (Å²) < 4.78 is 0. The predicted molar refractivity (Wildman–Crippen MR) is 89.2 cm³/mol. The molecule has 1 heterocycles. The van der Waals surface area contributed by atoms with E-state index in [-0.39, 0.29) is 24.5 Å². The van der Waals surface area contributed by atoms with Crippen LogP contribution in [0.3, 0.4) is 0 Å². The van der Waals surface area contributed by atoms with E-state index in [1.54, 1.807) is 36.2 Å². The van der Waals surface area contributed by atoms with Gasteiger partial charge in [0.1, 0.15) is 6.54 Å². The number of tetrazole rings is 1. The third-order valence-corrected chi connectivity index (χ3v) is 4.64. The molecule has 1 fully saturated rings. The van der Waals surface area contributed by atoms with Gasteiger partial charge in [0.05, 0.1) is 6.10 Å². The number of hydrogen-bond donors (Lipinski definition) is 1. The molecule has 0 spiro atoms. The molecule has 7 nitrogen and oxygen atoms in total. The lowest BCUT2D eigenvalue weighted by atomic mass is 10.1. The maximum Gasteiger partial charge on any atom is 0.245 e. The molecule has 24 heavy (non-hydrogen) atoms. The zero-order valence-corrected chi connectivity index (χ0v) is 14.2. The van der Waals surface area contributed by atoms with Crippen molar-refractivity contribution < 1.29 is 9.90 Å². The molecule has 1 amide bonds. The van der Waals surface area contributed by atoms with Crippen molar-refractivity contribution in [2.45, 2.75) is 31.9 Å². The fourth-order valence-electron chi connectivity index (χ4n) is 2.95. The Balaban J connectivity index is 1.59. The molecule has 1 aliphatic carbocycles. The zero-order chi connectivity index (χ0) is 17.1. The van der Waals surface area contributed by atoms with Crippen LogP contribution in [0.2, 0.25) is 5.02 Å². The van der Waals surface area contributed by atoms with Crippen molar-refractivity contribution in [3.8, 4) is 11.4 Å². The van der Waals surface area contributed by atoms with E-state index in [0.29, 0.717) is 17.4 Å². The summed E-state index contributed by atoms with van der Waals surface area (Å²) in [6.45, 7) is 0.582. The van der Waals surface area contributed by atoms with Crippen molar-refractivity contribution in [1.29, 1.82) is 0 Å². The van der Waals surface area contributed by atoms with E-state index in [4.69, 9.17) is 11.6 Å². The molecule has 0 radical (unpaired) electrons. The topological polar surface area (TPSA) is 84.1 Å². The van der Waals surface area contributed by atoms with Crippen LogP contribution in [0.15, 0.2) is 24.3 Å². The molecule has 128 valence electrons. The summed E-state index contributed by atoms with van der Waals surface area (Å²) in [5, 5.41) is 22.6. The quantitative estimate of drug-likeness (QED) is 0.886. The molecule has 3 rings (SSSR count). The summed E-state index contributed by atoms with van der Waals surface area (Å²) in [4.78, 5) is 15.2. The van der Waals surface area contributed by atoms with Gasteiger partial charge in [-0.2, -0.15) is 4.80 Å². The summed E-state index contributed by atoms with van der Waals surface area (Å²) in [6.07, 6.45) is 2.49. The minimum atomic E-state index is -0.304. The SMILES string of the molecule is CN(CC1CCCC1O)C(=O)Cn1nnc(-c2ccc(Cl)cc2)n1. The fraction of sp³-hybridized carbons (Fsp3) is 0.500. The van der Waals surface area contributed by atoms with Crippen molar-refractivity contribution in [1.82, 2.24) is 25.1 Å². The standard InChI is InChI=1S/C16H20ClN5O2/c1-21(9-12-3-2-4-14(12)23)15(24)10-22-19-16(18-20-22)11-5-7-13(17)8-6-11/h5-8,12,14,23H,2-4,9-10H2,1H3. The van der Waals surface area contributed by atoms with E-state index >= 15 is 0 Å². The number of halogens is 1. The third kappa shape index (κ3) is 3.91. The van der Waals surface area contributed by atoms with Gasteiger partial charge in [-0.25, -0.2) is 0 Å². The lowest BCUT2D eigenvalue weighted by Gasteiger charge is -2.22. The van der Waals surface area contributed by atoms with Gasteiger partial charge in [-0.05, 0) is 42.3 Å². The summed E-state index contributed by atoms with van der Waals surface area (Å²) in [5.41, 5.74) is 0.792. The highest BCUT2D eigenvalue weighted by molar-refractivity contribution is 6.30. The van der Waals surface area contributed by atoms with Crippen molar-refractivity contribution in [2.75, 3.05) is 13.6 Å². The molecule has 2 aromatic rings. The lowest BCUT2D eigenvalue weighted by molar-refractivity contribution is -0.131. The molecule has 2 unspecified atom stereocenters. The van der Waals surface area contributed by atoms with Gasteiger partial charge in [-0.3, -0.25) is 4.79 Å². The number of carbonyl (C=O) groups excluding carboxylic acids is 1. The van der Waals surface area contributed by atoms with Crippen LogP contribution in [0.4, 0.5) is 0 Å². The van der Waals surface area contributed by atoms with Crippen molar-refractivity contribution in [3.63, 3.8) is 0 Å². The van der Waals surface area contributed by atoms with Crippen LogP contribution in [-0.4, -0.2) is 55.8 Å². The second-order valence-corrected chi connectivity index (χ2v) is 6.62. The van der Waals surface area contributed by atoms with E-state index in [0.717, 1.165) is 24.8 Å². The van der Waals surface area contributed by atoms with Crippen LogP contribution in [-0.2, 0) is 11.3 Å². The highest BCUT2D eigenvalue weighted by Crippen LogP contribution is 2.26. The van der Waals surface area contributed by atoms with E-state index in [9.17, 15) is 9.90 Å². The Kier molecular flexibility index (Phi) is 5.11. The Morgan fingerprint density at radius 3 is 2.79 bits per heavy atom. The number of rotatable bonds is 5. The number of aliphatic hydroxyl groups excluding tert-OH is 1. The summed E-state index contributed by atoms with van der Waals surface area (Å²) in [6, 6.07) is 7.12.